The van der Waals surface area contributed by atoms with Crippen LogP contribution in [-0.4, -0.2) is 37.9 Å². The minimum Gasteiger partial charge on any atom is -0.447 e. The largest absolute Gasteiger partial charge is 0.447 e. The average molecular weight is 438 g/mol. The number of nitrogen functional groups attached to an aromatic ring is 1. The molecule has 0 spiro atoms. The van der Waals surface area contributed by atoms with Gasteiger partial charge >= 0.3 is 6.09 Å². The Morgan fingerprint density at radius 1 is 1.28 bits per heavy atom. The van der Waals surface area contributed by atoms with Gasteiger partial charge in [0.25, 0.3) is 0 Å². The number of nitrogens with one attached hydrogen (secondary N) is 1. The van der Waals surface area contributed by atoms with Gasteiger partial charge in [-0.25, -0.2) is 18.2 Å². The summed E-state index contributed by atoms with van der Waals surface area (Å²) in [7, 11) is -3.40. The molecule has 0 unspecified atom stereocenters. The maximum absolute atomic E-state index is 12.2. The zero-order chi connectivity index (χ0) is 21.2. The number of rotatable bonds is 5. The van der Waals surface area contributed by atoms with Gasteiger partial charge in [-0.3, -0.25) is 0 Å². The summed E-state index contributed by atoms with van der Waals surface area (Å²) in [5, 5.41) is 3.93. The summed E-state index contributed by atoms with van der Waals surface area (Å²) >= 11 is 1.52. The molecule has 7 nitrogen and oxygen atoms in total. The van der Waals surface area contributed by atoms with Crippen LogP contribution in [0.1, 0.15) is 50.5 Å². The number of alkyl carbamates (subject to hydrolysis) is 1. The number of nitrogens with zero attached hydrogens (tertiary/aromatic N) is 1. The fourth-order valence-electron chi connectivity index (χ4n) is 3.55. The predicted molar refractivity (Wildman–Crippen MR) is 115 cm³/mol. The summed E-state index contributed by atoms with van der Waals surface area (Å²) < 4.78 is 29.5. The van der Waals surface area contributed by atoms with Crippen molar-refractivity contribution >= 4 is 33.0 Å². The third kappa shape index (κ3) is 5.48. The first-order valence-corrected chi connectivity index (χ1v) is 12.4. The molecule has 3 N–H and O–H groups in total. The molecule has 1 aromatic carbocycles. The maximum atomic E-state index is 12.2. The van der Waals surface area contributed by atoms with E-state index in [1.54, 1.807) is 18.3 Å². The maximum Gasteiger partial charge on any atom is 0.407 e. The molecule has 1 aromatic heterocycles. The molecule has 9 heteroatoms. The zero-order valence-electron chi connectivity index (χ0n) is 16.8. The second-order valence-electron chi connectivity index (χ2n) is 7.74. The lowest BCUT2D eigenvalue weighted by molar-refractivity contribution is 0.109. The van der Waals surface area contributed by atoms with Crippen LogP contribution in [0.15, 0.2) is 29.3 Å². The Kier molecular flexibility index (Phi) is 6.48. The quantitative estimate of drug-likeness (QED) is 0.685. The summed E-state index contributed by atoms with van der Waals surface area (Å²) in [5.74, 6) is 0.309. The Morgan fingerprint density at radius 3 is 2.59 bits per heavy atom. The minimum absolute atomic E-state index is 0.117. The van der Waals surface area contributed by atoms with Crippen molar-refractivity contribution in [2.24, 2.45) is 0 Å². The van der Waals surface area contributed by atoms with Gasteiger partial charge < -0.3 is 15.8 Å². The molecule has 0 radical (unpaired) electrons. The van der Waals surface area contributed by atoms with E-state index in [0.29, 0.717) is 17.2 Å². The van der Waals surface area contributed by atoms with Gasteiger partial charge in [-0.15, -0.1) is 11.3 Å². The Morgan fingerprint density at radius 2 is 1.97 bits per heavy atom. The van der Waals surface area contributed by atoms with Gasteiger partial charge in [0.15, 0.2) is 9.84 Å². The lowest BCUT2D eigenvalue weighted by Crippen LogP contribution is -2.38. The molecule has 1 saturated carbocycles. The van der Waals surface area contributed by atoms with Gasteiger partial charge in [0, 0.05) is 35.7 Å². The number of nitrogens with two attached hydrogens (primary N) is 1. The number of carbonyl (C=O) groups excluding carboxylic acids is 1. The molecular weight excluding hydrogens is 410 g/mol. The summed E-state index contributed by atoms with van der Waals surface area (Å²) in [6.07, 6.45) is 5.99. The number of sulfone groups is 1. The monoisotopic (exact) mass is 437 g/mol. The van der Waals surface area contributed by atoms with E-state index in [-0.39, 0.29) is 23.1 Å². The van der Waals surface area contributed by atoms with Gasteiger partial charge in [0.05, 0.1) is 20.9 Å². The van der Waals surface area contributed by atoms with E-state index in [1.165, 1.54) is 23.7 Å². The standard InChI is InChI=1S/C20H27N3O4S2/c1-12(2)27-20(24)23-15-7-4-13(5-8-15)19-22-11-17(28-19)16-9-6-14(21)10-18(16)29(3,25)26/h6,9-13,15H,4-5,7-8,21H2,1-3H3,(H,23,24)/t13-,15-. The SMILES string of the molecule is CC(C)OC(=O)N[C@H]1CC[C@H](c2ncc(-c3ccc(N)cc3S(C)(=O)=O)s2)CC1. The topological polar surface area (TPSA) is 111 Å². The van der Waals surface area contributed by atoms with Crippen LogP contribution in [0.25, 0.3) is 10.4 Å². The number of benzene rings is 1. The van der Waals surface area contributed by atoms with Crippen LogP contribution in [-0.2, 0) is 14.6 Å². The van der Waals surface area contributed by atoms with Crippen molar-refractivity contribution in [1.82, 2.24) is 10.3 Å². The third-order valence-corrected chi connectivity index (χ3v) is 7.27. The highest BCUT2D eigenvalue weighted by molar-refractivity contribution is 7.90. The van der Waals surface area contributed by atoms with Crippen LogP contribution in [0.2, 0.25) is 0 Å². The van der Waals surface area contributed by atoms with Crippen LogP contribution in [0.5, 0.6) is 0 Å². The fraction of sp³-hybridized carbons (Fsp3) is 0.500. The Labute approximate surface area is 175 Å². The Hall–Kier alpha value is -2.13. The second kappa shape index (κ2) is 8.71. The number of hydrogen-bond acceptors (Lipinski definition) is 7. The molecule has 0 bridgehead atoms. The number of anilines is 1. The molecule has 1 aliphatic rings. The molecule has 3 rings (SSSR count). The normalized spacial score (nSPS) is 19.9. The average Bonchev–Trinajstić information content (AvgIpc) is 3.10. The van der Waals surface area contributed by atoms with E-state index in [0.717, 1.165) is 35.6 Å². The first kappa shape index (κ1) is 21.6. The molecular formula is C20H27N3O4S2. The Balaban J connectivity index is 1.69. The Bertz CT molecular complexity index is 977. The molecule has 0 aliphatic heterocycles. The first-order valence-electron chi connectivity index (χ1n) is 9.66. The van der Waals surface area contributed by atoms with Crippen LogP contribution in [0, 0.1) is 0 Å². The molecule has 1 aliphatic carbocycles. The van der Waals surface area contributed by atoms with Gasteiger partial charge in [0.2, 0.25) is 0 Å². The zero-order valence-corrected chi connectivity index (χ0v) is 18.5. The van der Waals surface area contributed by atoms with Gasteiger partial charge in [-0.2, -0.15) is 0 Å². The number of thiazole rings is 1. The van der Waals surface area contributed by atoms with Crippen molar-refractivity contribution in [2.75, 3.05) is 12.0 Å². The lowest BCUT2D eigenvalue weighted by atomic mass is 9.86. The van der Waals surface area contributed by atoms with Gasteiger partial charge in [-0.05, 0) is 51.7 Å². The summed E-state index contributed by atoms with van der Waals surface area (Å²) in [4.78, 5) is 17.4. The van der Waals surface area contributed by atoms with E-state index in [9.17, 15) is 13.2 Å². The van der Waals surface area contributed by atoms with Crippen molar-refractivity contribution in [1.29, 1.82) is 0 Å². The van der Waals surface area contributed by atoms with Crippen molar-refractivity contribution in [3.63, 3.8) is 0 Å². The van der Waals surface area contributed by atoms with E-state index in [1.807, 2.05) is 13.8 Å². The van der Waals surface area contributed by atoms with Crippen molar-refractivity contribution in [3.8, 4) is 10.4 Å². The first-order chi connectivity index (χ1) is 13.6. The van der Waals surface area contributed by atoms with Gasteiger partial charge in [-0.1, -0.05) is 6.07 Å². The highest BCUT2D eigenvalue weighted by atomic mass is 32.2. The molecule has 1 amide bonds. The van der Waals surface area contributed by atoms with E-state index in [4.69, 9.17) is 10.5 Å². The molecule has 29 heavy (non-hydrogen) atoms. The highest BCUT2D eigenvalue weighted by Crippen LogP contribution is 2.39. The van der Waals surface area contributed by atoms with E-state index >= 15 is 0 Å². The highest BCUT2D eigenvalue weighted by Gasteiger charge is 2.26. The smallest absolute Gasteiger partial charge is 0.407 e. The van der Waals surface area contributed by atoms with Crippen molar-refractivity contribution < 1.29 is 17.9 Å². The number of carbonyl (C=O) groups is 1. The predicted octanol–water partition coefficient (Wildman–Crippen LogP) is 3.96. The van der Waals surface area contributed by atoms with Gasteiger partial charge in [0.1, 0.15) is 0 Å². The summed E-state index contributed by atoms with van der Waals surface area (Å²) in [6.45, 7) is 3.65. The number of amides is 1. The molecule has 1 fully saturated rings. The fourth-order valence-corrected chi connectivity index (χ4v) is 5.67. The summed E-state index contributed by atoms with van der Waals surface area (Å²) in [6, 6.07) is 5.06. The summed E-state index contributed by atoms with van der Waals surface area (Å²) in [5.41, 5.74) is 6.84. The third-order valence-electron chi connectivity index (χ3n) is 4.94. The minimum atomic E-state index is -3.40. The molecule has 1 heterocycles. The van der Waals surface area contributed by atoms with E-state index < -0.39 is 9.84 Å². The van der Waals surface area contributed by atoms with E-state index in [2.05, 4.69) is 10.3 Å². The van der Waals surface area contributed by atoms with Crippen molar-refractivity contribution in [2.45, 2.75) is 62.5 Å². The molecule has 0 saturated heterocycles. The van der Waals surface area contributed by atoms with Crippen LogP contribution < -0.4 is 11.1 Å². The van der Waals surface area contributed by atoms with Crippen LogP contribution in [0.4, 0.5) is 10.5 Å². The number of hydrogen-bond donors (Lipinski definition) is 2. The second-order valence-corrected chi connectivity index (χ2v) is 10.8. The number of ether oxygens (including phenoxy) is 1. The van der Waals surface area contributed by atoms with Crippen LogP contribution in [0.3, 0.4) is 0 Å². The number of aromatic nitrogens is 1. The van der Waals surface area contributed by atoms with Crippen LogP contribution >= 0.6 is 11.3 Å². The molecule has 2 aromatic rings. The van der Waals surface area contributed by atoms with Crippen molar-refractivity contribution in [3.05, 3.63) is 29.4 Å². The molecule has 158 valence electrons. The lowest BCUT2D eigenvalue weighted by Gasteiger charge is -2.28. The molecule has 0 atom stereocenters.